The molecule has 0 saturated carbocycles. The molecule has 0 bridgehead atoms. The fourth-order valence-electron chi connectivity index (χ4n) is 7.92. The molecule has 0 rings (SSSR count). The summed E-state index contributed by atoms with van der Waals surface area (Å²) in [5.41, 5.74) is 5.98. The second-order valence-corrected chi connectivity index (χ2v) is 23.4. The van der Waals surface area contributed by atoms with Crippen LogP contribution in [0.2, 0.25) is 0 Å². The topological polar surface area (TPSA) is 676 Å². The van der Waals surface area contributed by atoms with Gasteiger partial charge in [0.15, 0.2) is 11.6 Å². The van der Waals surface area contributed by atoms with Gasteiger partial charge in [0.2, 0.25) is 35.4 Å². The Morgan fingerprint density at radius 3 is 1.09 bits per heavy atom. The second-order valence-electron chi connectivity index (χ2n) is 20.7. The van der Waals surface area contributed by atoms with Crippen molar-refractivity contribution in [3.63, 3.8) is 0 Å². The Morgan fingerprint density at radius 1 is 0.429 bits per heavy atom. The largest absolute Gasteiger partial charge is 0.481 e. The average molecular weight is 1360 g/mol. The highest BCUT2D eigenvalue weighted by atomic mass is 33.1. The van der Waals surface area contributed by atoms with Gasteiger partial charge in [-0.05, 0) is 32.1 Å². The van der Waals surface area contributed by atoms with Crippen molar-refractivity contribution in [2.75, 3.05) is 57.6 Å². The maximum Gasteiger partial charge on any atom is 0.327 e. The molecule has 26 N–H and O–H groups in total. The van der Waals surface area contributed by atoms with Gasteiger partial charge in [0.1, 0.15) is 67.6 Å². The Bertz CT molecular complexity index is 2300. The molecule has 0 aliphatic rings. The van der Waals surface area contributed by atoms with E-state index in [1.807, 2.05) is 0 Å². The first-order chi connectivity index (χ1) is 42.7. The molecule has 524 valence electrons. The maximum atomic E-state index is 14.4. The van der Waals surface area contributed by atoms with Gasteiger partial charge in [-0.3, -0.25) is 52.7 Å². The number of ketones is 2. The van der Waals surface area contributed by atoms with E-state index >= 15 is 0 Å². The minimum absolute atomic E-state index is 0.0679. The number of hydrogen-bond donors (Lipinski definition) is 25. The molecule has 0 radical (unpaired) electrons. The number of nitrogens with two attached hydrogens (primary N) is 1. The van der Waals surface area contributed by atoms with Crippen LogP contribution in [0.1, 0.15) is 77.0 Å². The lowest BCUT2D eigenvalue weighted by atomic mass is 9.89. The molecule has 0 aliphatic carbocycles. The van der Waals surface area contributed by atoms with Crippen LogP contribution in [0.3, 0.4) is 0 Å². The minimum Gasteiger partial charge on any atom is -0.481 e. The van der Waals surface area contributed by atoms with Gasteiger partial charge in [0, 0.05) is 87.9 Å². The number of ether oxygens (including phenoxy) is 1. The fourth-order valence-corrected chi connectivity index (χ4v) is 9.92. The number of carboxylic acids is 3. The number of carbonyl (C=O) groups is 12. The first kappa shape index (κ1) is 85.1. The number of rotatable bonds is 53. The number of amides is 6. The van der Waals surface area contributed by atoms with Crippen molar-refractivity contribution in [1.82, 2.24) is 31.9 Å². The van der Waals surface area contributed by atoms with E-state index in [9.17, 15) is 134 Å². The zero-order chi connectivity index (χ0) is 69.7. The van der Waals surface area contributed by atoms with E-state index in [1.54, 1.807) is 0 Å². The van der Waals surface area contributed by atoms with E-state index in [0.717, 1.165) is 21.6 Å². The molecule has 0 aliphatic heterocycles. The van der Waals surface area contributed by atoms with Crippen LogP contribution in [0.4, 0.5) is 0 Å². The monoisotopic (exact) mass is 1360 g/mol. The molecule has 18 atom stereocenters. The van der Waals surface area contributed by atoms with Crippen molar-refractivity contribution in [2.45, 2.75) is 174 Å². The molecule has 40 heteroatoms. The number of aliphatic hydroxyl groups is 15. The average Bonchev–Trinajstić information content (AvgIpc) is 2.38. The van der Waals surface area contributed by atoms with Crippen LogP contribution in [0, 0.1) is 11.8 Å². The smallest absolute Gasteiger partial charge is 0.327 e. The van der Waals surface area contributed by atoms with Gasteiger partial charge in [0.05, 0.1) is 56.3 Å². The molecular formula is C51H87N7O31S2. The van der Waals surface area contributed by atoms with Crippen LogP contribution in [0.15, 0.2) is 0 Å². The number of aliphatic carboxylic acids is 3. The summed E-state index contributed by atoms with van der Waals surface area (Å²) in [5.74, 6) is -17.3. The predicted molar refractivity (Wildman–Crippen MR) is 308 cm³/mol. The number of carboxylic acid groups (broad SMARTS) is 3. The summed E-state index contributed by atoms with van der Waals surface area (Å²) in [6.07, 6.45) is -33.4. The number of carbonyl (C=O) groups excluding carboxylic acids is 9. The highest BCUT2D eigenvalue weighted by Crippen LogP contribution is 2.24. The van der Waals surface area contributed by atoms with E-state index in [-0.39, 0.29) is 24.6 Å². The number of nitrogens with one attached hydrogen (secondary N) is 6. The van der Waals surface area contributed by atoms with Crippen molar-refractivity contribution in [1.29, 1.82) is 0 Å². The molecule has 0 fully saturated rings. The normalized spacial score (nSPS) is 17.5. The Labute approximate surface area is 527 Å². The zero-order valence-electron chi connectivity index (χ0n) is 49.1. The van der Waals surface area contributed by atoms with Gasteiger partial charge >= 0.3 is 17.9 Å². The highest BCUT2D eigenvalue weighted by molar-refractivity contribution is 8.76. The molecule has 0 saturated heterocycles. The second kappa shape index (κ2) is 46.2. The van der Waals surface area contributed by atoms with Gasteiger partial charge in [0.25, 0.3) is 6.47 Å². The van der Waals surface area contributed by atoms with Gasteiger partial charge in [-0.2, -0.15) is 0 Å². The van der Waals surface area contributed by atoms with E-state index in [4.69, 9.17) is 21.1 Å². The van der Waals surface area contributed by atoms with Crippen LogP contribution in [-0.4, -0.2) is 318 Å². The van der Waals surface area contributed by atoms with Crippen LogP contribution in [0.5, 0.6) is 0 Å². The summed E-state index contributed by atoms with van der Waals surface area (Å²) in [7, 11) is 1.95. The first-order valence-corrected chi connectivity index (χ1v) is 30.6. The van der Waals surface area contributed by atoms with E-state index in [1.165, 1.54) is 0 Å². The van der Waals surface area contributed by atoms with Gasteiger partial charge < -0.3 is 134 Å². The third kappa shape index (κ3) is 34.5. The fraction of sp³-hybridized carbons (Fsp3) is 0.765. The molecule has 0 unspecified atom stereocenters. The molecule has 0 heterocycles. The highest BCUT2D eigenvalue weighted by Gasteiger charge is 2.37. The lowest BCUT2D eigenvalue weighted by Crippen LogP contribution is -2.51. The Kier molecular flexibility index (Phi) is 43.2. The third-order valence-electron chi connectivity index (χ3n) is 13.6. The van der Waals surface area contributed by atoms with Crippen LogP contribution in [-0.2, 0) is 62.3 Å². The Balaban J connectivity index is 7.16. The van der Waals surface area contributed by atoms with Crippen molar-refractivity contribution >= 4 is 93.0 Å². The molecular weight excluding hydrogens is 1270 g/mol. The van der Waals surface area contributed by atoms with Gasteiger partial charge in [-0.15, -0.1) is 0 Å². The molecule has 38 nitrogen and oxygen atoms in total. The molecule has 6 amide bonds. The number of Topliss-reactive ketones (excluding diaryl/α,β-unsaturated/α-hetero) is 2. The standard InChI is InChI=1S/C51H87N7O31S2/c52-25(3-8-39(73)55-17-33(67)44(80)47(83)36(70)20-61)50(86)57-27(5-10-41(76)77)30(64)13-23(1-6-37(71)53-15-31(65)42(78)45(81)34(68)18-59)48(84)56-26(4-9-40(74)75)29(63)14-24(49(85)58-28(51(87)88)21-91-90-12-11-89-22-62)2-7-38(72)54-16-32(66)43(79)46(82)35(69)19-60/h22-28,31-36,42-47,59-61,65-70,78-83H,1-21,52H2,(H,53,71)(H,54,72)(H,55,73)(H,56,84)(H,57,86)(H,58,85)(H,74,75)(H,76,77)(H,87,88)/t23-,24-,25+,26-,27-,28-,31+,32+,33+,34-,35-,36-,42-,43-,44-,45-,46-,47-/m1/s1. The number of aliphatic hydroxyl groups excluding tert-OH is 15. The summed E-state index contributed by atoms with van der Waals surface area (Å²) in [6.45, 7) is -5.34. The van der Waals surface area contributed by atoms with Crippen LogP contribution >= 0.6 is 21.6 Å². The zero-order valence-corrected chi connectivity index (χ0v) is 50.7. The lowest BCUT2D eigenvalue weighted by Gasteiger charge is -2.26. The predicted octanol–water partition coefficient (Wildman–Crippen LogP) is -11.7. The number of hydrogen-bond acceptors (Lipinski definition) is 31. The first-order valence-electron chi connectivity index (χ1n) is 28.1. The summed E-state index contributed by atoms with van der Waals surface area (Å²) < 4.78 is 4.57. The van der Waals surface area contributed by atoms with Crippen molar-refractivity contribution < 1.29 is 154 Å². The Morgan fingerprint density at radius 2 is 0.758 bits per heavy atom. The van der Waals surface area contributed by atoms with E-state index in [0.29, 0.717) is 0 Å². The molecule has 0 aromatic rings. The molecule has 0 aromatic carbocycles. The molecule has 91 heavy (non-hydrogen) atoms. The molecule has 0 spiro atoms. The van der Waals surface area contributed by atoms with E-state index < -0.39 is 291 Å². The maximum absolute atomic E-state index is 14.4. The third-order valence-corrected chi connectivity index (χ3v) is 16.0. The van der Waals surface area contributed by atoms with E-state index in [2.05, 4.69) is 36.6 Å². The Hall–Kier alpha value is -5.90. The quantitative estimate of drug-likeness (QED) is 0.0153. The summed E-state index contributed by atoms with van der Waals surface area (Å²) in [5, 5.41) is 189. The SMILES string of the molecule is N[C@@H](CCC(=O)NC[C@H](O)[C@@H](O)[C@H](O)[C@H](O)CO)C(=O)N[C@H](CCC(=O)O)C(=O)C[C@@H](CCC(=O)NC[C@H](O)[C@@H](O)[C@H](O)[C@H](O)CO)C(=O)N[C@H](CCC(=O)O)C(=O)C[C@@H](CCC(=O)NC[C@H](O)[C@@H](O)[C@H](O)[C@H](O)CO)C(=O)N[C@H](CSSCCOC=O)C(=O)O. The molecule has 0 aromatic heterocycles. The minimum atomic E-state index is -2.16. The lowest BCUT2D eigenvalue weighted by molar-refractivity contribution is -0.142. The van der Waals surface area contributed by atoms with Crippen LogP contribution < -0.4 is 37.6 Å². The summed E-state index contributed by atoms with van der Waals surface area (Å²) >= 11 is 0. The van der Waals surface area contributed by atoms with Crippen molar-refractivity contribution in [2.24, 2.45) is 17.6 Å². The van der Waals surface area contributed by atoms with Crippen molar-refractivity contribution in [3.8, 4) is 0 Å². The summed E-state index contributed by atoms with van der Waals surface area (Å²) in [4.78, 5) is 155. The summed E-state index contributed by atoms with van der Waals surface area (Å²) in [6, 6.07) is -7.12. The van der Waals surface area contributed by atoms with Crippen molar-refractivity contribution in [3.05, 3.63) is 0 Å². The van der Waals surface area contributed by atoms with Gasteiger partial charge in [-0.25, -0.2) is 4.79 Å². The van der Waals surface area contributed by atoms with Crippen LogP contribution in [0.25, 0.3) is 0 Å². The van der Waals surface area contributed by atoms with Gasteiger partial charge in [-0.1, -0.05) is 21.6 Å².